The predicted molar refractivity (Wildman–Crippen MR) is 338 cm³/mol. The molecule has 0 saturated heterocycles. The summed E-state index contributed by atoms with van der Waals surface area (Å²) in [5.41, 5.74) is -1.61. The van der Waals surface area contributed by atoms with E-state index >= 15 is 0 Å². The number of ether oxygens (including phenoxy) is 4. The molecule has 0 aliphatic rings. The number of phosphoric acid groups is 8. The van der Waals surface area contributed by atoms with Crippen molar-refractivity contribution in [3.63, 3.8) is 0 Å². The second-order valence-electron chi connectivity index (χ2n) is 23.0. The molecular weight excluding hydrogens is 1550 g/mol. The first-order valence-electron chi connectivity index (χ1n) is 31.0. The van der Waals surface area contributed by atoms with Crippen LogP contribution < -0.4 is 65.3 Å². The van der Waals surface area contributed by atoms with Gasteiger partial charge < -0.3 is 150 Å². The van der Waals surface area contributed by atoms with Gasteiger partial charge in [-0.2, -0.15) is 0 Å². The Bertz CT molecular complexity index is 2600. The van der Waals surface area contributed by atoms with Gasteiger partial charge in [0.1, 0.15) is 7.60 Å². The molecule has 0 aromatic heterocycles. The van der Waals surface area contributed by atoms with E-state index in [4.69, 9.17) is 28.0 Å². The summed E-state index contributed by atoms with van der Waals surface area (Å²) in [4.78, 5) is 106. The molecule has 0 aliphatic heterocycles. The van der Waals surface area contributed by atoms with Gasteiger partial charge in [-0.1, -0.05) is 20.8 Å². The highest BCUT2D eigenvalue weighted by atomic mass is 31.2. The van der Waals surface area contributed by atoms with Crippen LogP contribution in [0.5, 0.6) is 0 Å². The summed E-state index contributed by atoms with van der Waals surface area (Å²) in [6, 6.07) is 0. The lowest BCUT2D eigenvalue weighted by Gasteiger charge is -2.32. The second-order valence-corrected chi connectivity index (χ2v) is 36.0. The molecule has 0 aliphatic carbocycles. The maximum absolute atomic E-state index is 12.7. The van der Waals surface area contributed by atoms with E-state index in [-0.39, 0.29) is 44.0 Å². The molecule has 0 spiro atoms. The van der Waals surface area contributed by atoms with Gasteiger partial charge in [-0.25, -0.2) is 0 Å². The molecule has 13 atom stereocenters. The van der Waals surface area contributed by atoms with Gasteiger partial charge in [-0.15, -0.1) is 0 Å². The molecule has 44 nitrogen and oxygen atoms in total. The topological polar surface area (TPSA) is 623 Å². The Labute approximate surface area is 590 Å². The fraction of sp³-hybridized carbons (Fsp3) is 1.00. The normalized spacial score (nSPS) is 19.1. The van der Waals surface area contributed by atoms with Gasteiger partial charge >= 0.3 is 0 Å². The maximum atomic E-state index is 12.7. The minimum atomic E-state index is -5.18. The molecule has 0 aromatic rings. The molecule has 0 rings (SSSR count). The average molecular weight is 1660 g/mol. The first-order chi connectivity index (χ1) is 46.7. The van der Waals surface area contributed by atoms with E-state index in [1.165, 1.54) is 20.8 Å². The second kappa shape index (κ2) is 55.1. The Balaban J connectivity index is 0. The third-order valence-corrected chi connectivity index (χ3v) is 20.1. The Kier molecular flexibility index (Phi) is 56.6. The number of hydrogen-bond acceptors (Lipinski definition) is 44. The molecule has 0 aromatic carbocycles. The van der Waals surface area contributed by atoms with E-state index in [2.05, 4.69) is 89.1 Å². The molecule has 5 N–H and O–H groups in total. The first kappa shape index (κ1) is 104. The van der Waals surface area contributed by atoms with Crippen molar-refractivity contribution >= 4 is 70.2 Å². The Morgan fingerprint density at radius 2 is 0.574 bits per heavy atom. The van der Waals surface area contributed by atoms with Gasteiger partial charge in [-0.3, -0.25) is 57.8 Å². The first-order valence-corrected chi connectivity index (χ1v) is 44.7. The van der Waals surface area contributed by atoms with Gasteiger partial charge in [0.05, 0.1) is 144 Å². The molecule has 0 bridgehead atoms. The summed E-state index contributed by atoms with van der Waals surface area (Å²) in [5, 5.41) is 21.9. The van der Waals surface area contributed by atoms with Crippen molar-refractivity contribution in [1.82, 2.24) is 21.3 Å². The lowest BCUT2D eigenvalue weighted by Crippen LogP contribution is -2.27. The number of aliphatic hydroxyl groups is 1. The highest BCUT2D eigenvalue weighted by Gasteiger charge is 2.28. The highest BCUT2D eigenvalue weighted by Crippen LogP contribution is 2.47. The number of rotatable bonds is 67. The molecular formula is C48H104N4O40P9-9. The number of hydrogen-bond donors (Lipinski definition) is 5. The summed E-state index contributed by atoms with van der Waals surface area (Å²) < 4.78 is 205. The van der Waals surface area contributed by atoms with Crippen LogP contribution in [0.2, 0.25) is 0 Å². The summed E-state index contributed by atoms with van der Waals surface area (Å²) in [7, 11) is -36.8. The minimum Gasteiger partial charge on any atom is -0.779 e. The Hall–Kier alpha value is 0.670. The van der Waals surface area contributed by atoms with Crippen molar-refractivity contribution in [3.05, 3.63) is 0 Å². The van der Waals surface area contributed by atoms with E-state index in [9.17, 15) is 90.2 Å². The van der Waals surface area contributed by atoms with Crippen molar-refractivity contribution in [2.45, 2.75) is 98.2 Å². The average Bonchev–Trinajstić information content (AvgIpc) is 0.895. The molecule has 53 heteroatoms. The van der Waals surface area contributed by atoms with Crippen molar-refractivity contribution in [2.24, 2.45) is 23.2 Å². The predicted octanol–water partition coefficient (Wildman–Crippen LogP) is -0.256. The molecule has 0 heterocycles. The van der Waals surface area contributed by atoms with Crippen LogP contribution in [0, 0.1) is 23.2 Å². The molecule has 0 radical (unpaired) electrons. The Morgan fingerprint density at radius 3 is 0.851 bits per heavy atom. The van der Waals surface area contributed by atoms with E-state index in [1.807, 2.05) is 7.05 Å². The molecule has 610 valence electrons. The number of nitrogens with one attached hydrogen (secondary N) is 4. The number of aliphatic hydroxyl groups excluding tert-OH is 1. The summed E-state index contributed by atoms with van der Waals surface area (Å²) in [5.74, 6) is 0.201. The minimum absolute atomic E-state index is 0.000100. The van der Waals surface area contributed by atoms with Crippen LogP contribution in [-0.4, -0.2) is 211 Å². The van der Waals surface area contributed by atoms with E-state index in [0.29, 0.717) is 66.0 Å². The number of phosphoric ester groups is 8. The quantitative estimate of drug-likeness (QED) is 0.0298. The standard InChI is InChI=1S/C27H62N4O12P2.C21H51O28P7/c1-28-20-37-10-6-24(17-26(19-32)8-12-39-22-30-3)16-25(7-11-38-21-29-2)18-27(9-13-40-23-31-4)43-45(35,36)42-15-14-41-44(5,33)34;1-20(2,3)19-48-55(32,33)46-16-15-44-53(28,29)42-12-11-40-51(24,25)38-8-7-36-50(22,23)37-9-10-39-52(26,27)41-13-14-43-54(30,31)45-17-18-47-56(34,35)49-21(4,5)6/h24-32H,6-23H2,1-5H3,(H,33,34)(H,35,36);7-19H2,1-6H3,(H,22,23)(H,24,25)(H,26,27)(H,28,29)(H,30,31)(H,32,33)(H,34,35)/p-9. The fourth-order valence-corrected chi connectivity index (χ4v) is 14.0. The van der Waals surface area contributed by atoms with Crippen LogP contribution in [0.4, 0.5) is 0 Å². The van der Waals surface area contributed by atoms with E-state index in [0.717, 1.165) is 25.9 Å². The van der Waals surface area contributed by atoms with Crippen LogP contribution in [-0.2, 0) is 137 Å². The van der Waals surface area contributed by atoms with Crippen molar-refractivity contribution in [1.29, 1.82) is 0 Å². The SMILES string of the molecule is CC(C)(C)COP(=O)([O-])OCCOP(=O)([O-])OCCOP(=O)([O-])OCCOP(=O)([O-])OCCOP(=O)([O-])OCCOP(=O)([O-])OCCOP(=O)([O-])OC(C)(C)C.CNCOCCC(CO)CC(CCOCNC)CC(CCOCNC)CC(CCOCNC)OP(=O)([O-])OCCOP(C)(=O)[O-]. The summed E-state index contributed by atoms with van der Waals surface area (Å²) in [6.45, 7) is 1.73. The smallest absolute Gasteiger partial charge is 0.268 e. The zero-order chi connectivity index (χ0) is 77.4. The van der Waals surface area contributed by atoms with Gasteiger partial charge in [-0.05, 0) is 117 Å². The molecule has 0 fully saturated rings. The fourth-order valence-electron chi connectivity index (χ4n) is 7.35. The highest BCUT2D eigenvalue weighted by molar-refractivity contribution is 7.50. The molecule has 13 unspecified atom stereocenters. The van der Waals surface area contributed by atoms with E-state index in [1.54, 1.807) is 41.9 Å². The summed E-state index contributed by atoms with van der Waals surface area (Å²) in [6.07, 6.45) is 3.48. The van der Waals surface area contributed by atoms with Gasteiger partial charge in [0, 0.05) is 33.1 Å². The largest absolute Gasteiger partial charge is 0.779 e. The molecule has 101 heavy (non-hydrogen) atoms. The van der Waals surface area contributed by atoms with Crippen LogP contribution in [0.1, 0.15) is 86.5 Å². The van der Waals surface area contributed by atoms with Crippen LogP contribution in [0.15, 0.2) is 0 Å². The van der Waals surface area contributed by atoms with Gasteiger partial charge in [0.2, 0.25) is 0 Å². The Morgan fingerprint density at radius 1 is 0.327 bits per heavy atom. The molecule has 0 saturated carbocycles. The van der Waals surface area contributed by atoms with Crippen molar-refractivity contribution in [3.8, 4) is 0 Å². The zero-order valence-electron chi connectivity index (χ0n) is 58.6. The van der Waals surface area contributed by atoms with Gasteiger partial charge in [0.25, 0.3) is 62.6 Å². The molecule has 0 amide bonds. The third-order valence-electron chi connectivity index (χ3n) is 11.2. The lowest BCUT2D eigenvalue weighted by atomic mass is 9.81. The van der Waals surface area contributed by atoms with Crippen LogP contribution >= 0.6 is 70.2 Å². The zero-order valence-corrected chi connectivity index (χ0v) is 66.7. The van der Waals surface area contributed by atoms with Gasteiger partial charge in [0.15, 0.2) is 0 Å². The van der Waals surface area contributed by atoms with Crippen molar-refractivity contribution in [2.75, 3.05) is 194 Å². The van der Waals surface area contributed by atoms with E-state index < -0.39 is 180 Å². The summed E-state index contributed by atoms with van der Waals surface area (Å²) >= 11 is 0. The lowest BCUT2D eigenvalue weighted by molar-refractivity contribution is -0.239. The maximum Gasteiger partial charge on any atom is 0.268 e. The van der Waals surface area contributed by atoms with Crippen LogP contribution in [0.3, 0.4) is 0 Å². The monoisotopic (exact) mass is 1660 g/mol. The third kappa shape index (κ3) is 68.4. The van der Waals surface area contributed by atoms with Crippen molar-refractivity contribution < 1.29 is 186 Å². The van der Waals surface area contributed by atoms with Crippen LogP contribution in [0.25, 0.3) is 0 Å².